The van der Waals surface area contributed by atoms with Crippen molar-refractivity contribution in [2.24, 2.45) is 0 Å². The smallest absolute Gasteiger partial charge is 0.335 e. The van der Waals surface area contributed by atoms with Gasteiger partial charge in [-0.25, -0.2) is 4.98 Å². The van der Waals surface area contributed by atoms with Crippen LogP contribution in [0.2, 0.25) is 0 Å². The van der Waals surface area contributed by atoms with Crippen molar-refractivity contribution in [2.75, 3.05) is 32.7 Å². The summed E-state index contributed by atoms with van der Waals surface area (Å²) in [6.07, 6.45) is -7.50. The van der Waals surface area contributed by atoms with E-state index >= 15 is 0 Å². The Bertz CT molecular complexity index is 989. The second-order valence-electron chi connectivity index (χ2n) is 8.50. The third-order valence-electron chi connectivity index (χ3n) is 6.40. The van der Waals surface area contributed by atoms with E-state index in [0.717, 1.165) is 31.8 Å². The van der Waals surface area contributed by atoms with Gasteiger partial charge in [-0.15, -0.1) is 0 Å². The molecule has 1 amide bonds. The van der Waals surface area contributed by atoms with Gasteiger partial charge in [0.25, 0.3) is 5.91 Å². The monoisotopic (exact) mass is 474 g/mol. The largest absolute Gasteiger partial charge is 0.416 e. The SMILES string of the molecule is CCN1CCN(C(=O)c2cn3c(n2)CC[C@H](c2cc(C(F)(F)F)cc(C(F)(F)F)c2)C3)CC1. The van der Waals surface area contributed by atoms with Crippen LogP contribution in [0.5, 0.6) is 0 Å². The van der Waals surface area contributed by atoms with Crippen molar-refractivity contribution >= 4 is 5.91 Å². The van der Waals surface area contributed by atoms with Crippen LogP contribution >= 0.6 is 0 Å². The molecule has 180 valence electrons. The molecule has 1 saturated heterocycles. The molecule has 0 bridgehead atoms. The number of halogens is 6. The lowest BCUT2D eigenvalue weighted by Crippen LogP contribution is -2.48. The molecule has 2 aliphatic heterocycles. The predicted octanol–water partition coefficient (Wildman–Crippen LogP) is 4.43. The van der Waals surface area contributed by atoms with Gasteiger partial charge in [0.15, 0.2) is 0 Å². The van der Waals surface area contributed by atoms with Crippen LogP contribution < -0.4 is 0 Å². The van der Waals surface area contributed by atoms with Crippen LogP contribution in [0.15, 0.2) is 24.4 Å². The van der Waals surface area contributed by atoms with E-state index in [1.807, 2.05) is 0 Å². The summed E-state index contributed by atoms with van der Waals surface area (Å²) in [6.45, 7) is 5.85. The minimum Gasteiger partial charge on any atom is -0.335 e. The highest BCUT2D eigenvalue weighted by Gasteiger charge is 2.38. The first kappa shape index (κ1) is 23.6. The lowest BCUT2D eigenvalue weighted by atomic mass is 9.89. The molecular weight excluding hydrogens is 450 g/mol. The highest BCUT2D eigenvalue weighted by molar-refractivity contribution is 5.92. The molecule has 11 heteroatoms. The maximum absolute atomic E-state index is 13.2. The zero-order chi connectivity index (χ0) is 24.0. The van der Waals surface area contributed by atoms with Gasteiger partial charge in [0, 0.05) is 51.3 Å². The normalized spacial score (nSPS) is 20.1. The van der Waals surface area contributed by atoms with Crippen LogP contribution in [-0.2, 0) is 25.3 Å². The number of nitrogens with zero attached hydrogens (tertiary/aromatic N) is 4. The first-order chi connectivity index (χ1) is 15.5. The number of carbonyl (C=O) groups is 1. The molecule has 0 saturated carbocycles. The lowest BCUT2D eigenvalue weighted by Gasteiger charge is -2.33. The minimum atomic E-state index is -4.88. The molecule has 1 fully saturated rings. The molecule has 1 atom stereocenters. The van der Waals surface area contributed by atoms with E-state index in [2.05, 4.69) is 16.8 Å². The number of aryl methyl sites for hydroxylation is 1. The number of rotatable bonds is 3. The third-order valence-corrected chi connectivity index (χ3v) is 6.40. The summed E-state index contributed by atoms with van der Waals surface area (Å²) in [5.74, 6) is -0.140. The van der Waals surface area contributed by atoms with Crippen molar-refractivity contribution in [1.82, 2.24) is 19.4 Å². The summed E-state index contributed by atoms with van der Waals surface area (Å²) in [4.78, 5) is 21.2. The summed E-state index contributed by atoms with van der Waals surface area (Å²) in [5.41, 5.74) is -2.38. The average Bonchev–Trinajstić information content (AvgIpc) is 3.20. The first-order valence-electron chi connectivity index (χ1n) is 10.8. The second kappa shape index (κ2) is 8.66. The second-order valence-corrected chi connectivity index (χ2v) is 8.50. The van der Waals surface area contributed by atoms with E-state index in [9.17, 15) is 31.1 Å². The van der Waals surface area contributed by atoms with E-state index in [1.165, 1.54) is 0 Å². The molecule has 0 spiro atoms. The molecule has 0 radical (unpaired) electrons. The van der Waals surface area contributed by atoms with E-state index < -0.39 is 29.4 Å². The van der Waals surface area contributed by atoms with Crippen molar-refractivity contribution < 1.29 is 31.1 Å². The van der Waals surface area contributed by atoms with Crippen molar-refractivity contribution in [1.29, 1.82) is 0 Å². The average molecular weight is 474 g/mol. The zero-order valence-electron chi connectivity index (χ0n) is 18.0. The summed E-state index contributed by atoms with van der Waals surface area (Å²) in [6, 6.07) is 1.73. The number of hydrogen-bond donors (Lipinski definition) is 0. The van der Waals surface area contributed by atoms with Crippen molar-refractivity contribution in [3.05, 3.63) is 52.6 Å². The van der Waals surface area contributed by atoms with Gasteiger partial charge >= 0.3 is 12.4 Å². The Hall–Kier alpha value is -2.56. The molecule has 4 rings (SSSR count). The van der Waals surface area contributed by atoms with E-state index in [4.69, 9.17) is 0 Å². The van der Waals surface area contributed by atoms with E-state index in [1.54, 1.807) is 15.7 Å². The van der Waals surface area contributed by atoms with Crippen molar-refractivity contribution in [3.63, 3.8) is 0 Å². The lowest BCUT2D eigenvalue weighted by molar-refractivity contribution is -0.143. The Morgan fingerprint density at radius 2 is 1.61 bits per heavy atom. The molecule has 0 unspecified atom stereocenters. The fourth-order valence-electron chi connectivity index (χ4n) is 4.46. The molecule has 1 aromatic heterocycles. The van der Waals surface area contributed by atoms with Crippen LogP contribution in [0.3, 0.4) is 0 Å². The molecule has 2 aliphatic rings. The number of piperazine rings is 1. The molecule has 33 heavy (non-hydrogen) atoms. The predicted molar refractivity (Wildman–Crippen MR) is 108 cm³/mol. The number of hydrogen-bond acceptors (Lipinski definition) is 3. The van der Waals surface area contributed by atoms with Gasteiger partial charge in [-0.05, 0) is 36.7 Å². The van der Waals surface area contributed by atoms with Gasteiger partial charge in [0.1, 0.15) is 11.5 Å². The van der Waals surface area contributed by atoms with Gasteiger partial charge in [0.05, 0.1) is 11.1 Å². The van der Waals surface area contributed by atoms with Gasteiger partial charge < -0.3 is 14.4 Å². The molecule has 2 aromatic rings. The third kappa shape index (κ3) is 5.02. The summed E-state index contributed by atoms with van der Waals surface area (Å²) >= 11 is 0. The van der Waals surface area contributed by atoms with Gasteiger partial charge in [0.2, 0.25) is 0 Å². The molecular formula is C22H24F6N4O. The number of imidazole rings is 1. The first-order valence-corrected chi connectivity index (χ1v) is 10.8. The zero-order valence-corrected chi connectivity index (χ0v) is 18.0. The quantitative estimate of drug-likeness (QED) is 0.619. The highest BCUT2D eigenvalue weighted by Crippen LogP contribution is 2.39. The van der Waals surface area contributed by atoms with Crippen LogP contribution in [0.1, 0.15) is 52.3 Å². The van der Waals surface area contributed by atoms with Crippen LogP contribution in [-0.4, -0.2) is 58.0 Å². The summed E-state index contributed by atoms with van der Waals surface area (Å²) in [5, 5.41) is 0. The Labute approximate surface area is 187 Å². The number of fused-ring (bicyclic) bond motifs is 1. The highest BCUT2D eigenvalue weighted by atomic mass is 19.4. The number of carbonyl (C=O) groups excluding carboxylic acids is 1. The van der Waals surface area contributed by atoms with E-state index in [0.29, 0.717) is 31.8 Å². The van der Waals surface area contributed by atoms with Crippen molar-refractivity contribution in [2.45, 2.75) is 44.6 Å². The summed E-state index contributed by atoms with van der Waals surface area (Å²) in [7, 11) is 0. The molecule has 0 N–H and O–H groups in total. The minimum absolute atomic E-state index is 0.0138. The van der Waals surface area contributed by atoms with E-state index in [-0.39, 0.29) is 29.8 Å². The summed E-state index contributed by atoms with van der Waals surface area (Å²) < 4.78 is 81.1. The van der Waals surface area contributed by atoms with Crippen LogP contribution in [0.25, 0.3) is 0 Å². The molecule has 1 aromatic carbocycles. The van der Waals surface area contributed by atoms with Crippen LogP contribution in [0.4, 0.5) is 26.3 Å². The molecule has 3 heterocycles. The van der Waals surface area contributed by atoms with Gasteiger partial charge in [-0.1, -0.05) is 6.92 Å². The standard InChI is InChI=1S/C22H24F6N4O/c1-2-30-5-7-31(8-6-30)20(33)18-13-32-12-14(3-4-19(32)29-18)15-9-16(21(23,24)25)11-17(10-15)22(26,27)28/h9-11,13-14H,2-8,12H2,1H3/t14-/m0/s1. The Balaban J connectivity index is 1.55. The number of amides is 1. The number of benzene rings is 1. The number of alkyl halides is 6. The van der Waals surface area contributed by atoms with Gasteiger partial charge in [-0.2, -0.15) is 26.3 Å². The van der Waals surface area contributed by atoms with Crippen LogP contribution in [0, 0.1) is 0 Å². The maximum Gasteiger partial charge on any atom is 0.416 e. The Morgan fingerprint density at radius 3 is 2.15 bits per heavy atom. The fourth-order valence-corrected chi connectivity index (χ4v) is 4.46. The van der Waals surface area contributed by atoms with Gasteiger partial charge in [-0.3, -0.25) is 4.79 Å². The molecule has 0 aliphatic carbocycles. The maximum atomic E-state index is 13.2. The molecule has 5 nitrogen and oxygen atoms in total. The Kier molecular flexibility index (Phi) is 6.19. The number of aromatic nitrogens is 2. The Morgan fingerprint density at radius 1 is 1.00 bits per heavy atom. The number of likely N-dealkylation sites (N-methyl/N-ethyl adjacent to an activating group) is 1. The van der Waals surface area contributed by atoms with Crippen molar-refractivity contribution in [3.8, 4) is 0 Å². The fraction of sp³-hybridized carbons (Fsp3) is 0.545. The topological polar surface area (TPSA) is 41.4 Å².